The third-order valence-electron chi connectivity index (χ3n) is 3.02. The molecule has 2 aromatic carbocycles. The van der Waals surface area contributed by atoms with Crippen molar-refractivity contribution in [3.8, 4) is 0 Å². The maximum atomic E-state index is 12.9. The molecule has 0 spiro atoms. The molecule has 5 heteroatoms. The number of para-hydroxylation sites is 1. The Balaban J connectivity index is 2.06. The molecule has 1 heterocycles. The molecule has 0 radical (unpaired) electrons. The minimum absolute atomic E-state index is 0.00885. The third-order valence-corrected chi connectivity index (χ3v) is 3.95. The molecule has 104 valence electrons. The van der Waals surface area contributed by atoms with E-state index in [1.54, 1.807) is 18.2 Å². The third kappa shape index (κ3) is 2.87. The fraction of sp³-hybridized carbons (Fsp3) is 0. The molecule has 3 aromatic rings. The maximum absolute atomic E-state index is 12.9. The molecule has 0 aliphatic heterocycles. The first kappa shape index (κ1) is 13.6. The lowest BCUT2D eigenvalue weighted by Crippen LogP contribution is -2.12. The van der Waals surface area contributed by atoms with Crippen LogP contribution < -0.4 is 5.73 Å². The second kappa shape index (κ2) is 5.54. The van der Waals surface area contributed by atoms with Crippen molar-refractivity contribution >= 4 is 28.5 Å². The molecular formula is C16H12FN3S. The number of nitrogens with one attached hydrogen (secondary N) is 1. The molecule has 0 saturated carbocycles. The number of benzene rings is 2. The van der Waals surface area contributed by atoms with Gasteiger partial charge in [0, 0.05) is 15.8 Å². The summed E-state index contributed by atoms with van der Waals surface area (Å²) < 4.78 is 12.9. The molecule has 3 nitrogen and oxygen atoms in total. The van der Waals surface area contributed by atoms with Gasteiger partial charge in [-0.3, -0.25) is 5.41 Å². The number of hydrogen-bond donors (Lipinski definition) is 2. The standard InChI is InChI=1S/C16H12FN3S/c17-10-5-7-11(8-6-10)21-15-9-13(16(18)19)12-3-1-2-4-14(12)20-15/h1-9H,(H3,18,19). The van der Waals surface area contributed by atoms with Gasteiger partial charge < -0.3 is 5.73 Å². The number of amidine groups is 1. The SMILES string of the molecule is N=C(N)c1cc(Sc2ccc(F)cc2)nc2ccccc12. The Kier molecular flexibility index (Phi) is 3.58. The van der Waals surface area contributed by atoms with Gasteiger partial charge >= 0.3 is 0 Å². The lowest BCUT2D eigenvalue weighted by Gasteiger charge is -2.08. The number of pyridine rings is 1. The van der Waals surface area contributed by atoms with Crippen molar-refractivity contribution in [2.75, 3.05) is 0 Å². The summed E-state index contributed by atoms with van der Waals surface area (Å²) in [7, 11) is 0. The van der Waals surface area contributed by atoms with Crippen LogP contribution in [0, 0.1) is 11.2 Å². The number of nitrogens with zero attached hydrogens (tertiary/aromatic N) is 1. The van der Waals surface area contributed by atoms with E-state index in [4.69, 9.17) is 11.1 Å². The van der Waals surface area contributed by atoms with Gasteiger partial charge in [0.05, 0.1) is 5.52 Å². The van der Waals surface area contributed by atoms with Crippen LogP contribution in [0.4, 0.5) is 4.39 Å². The molecule has 0 saturated heterocycles. The number of nitrogen functional groups attached to an aromatic ring is 1. The molecule has 1 aromatic heterocycles. The molecule has 0 aliphatic carbocycles. The van der Waals surface area contributed by atoms with Gasteiger partial charge in [-0.1, -0.05) is 30.0 Å². The van der Waals surface area contributed by atoms with E-state index in [2.05, 4.69) is 4.98 Å². The number of nitrogens with two attached hydrogens (primary N) is 1. The second-order valence-electron chi connectivity index (χ2n) is 4.49. The highest BCUT2D eigenvalue weighted by Crippen LogP contribution is 2.29. The van der Waals surface area contributed by atoms with Gasteiger partial charge in [0.25, 0.3) is 0 Å². The first-order valence-electron chi connectivity index (χ1n) is 6.31. The van der Waals surface area contributed by atoms with Crippen LogP contribution in [-0.2, 0) is 0 Å². The van der Waals surface area contributed by atoms with Crippen LogP contribution in [-0.4, -0.2) is 10.8 Å². The average Bonchev–Trinajstić information content (AvgIpc) is 2.48. The van der Waals surface area contributed by atoms with Crippen LogP contribution in [0.2, 0.25) is 0 Å². The van der Waals surface area contributed by atoms with Gasteiger partial charge in [0.15, 0.2) is 0 Å². The van der Waals surface area contributed by atoms with Crippen molar-refractivity contribution in [3.05, 3.63) is 66.0 Å². The molecule has 0 aliphatic rings. The summed E-state index contributed by atoms with van der Waals surface area (Å²) in [6.45, 7) is 0. The lowest BCUT2D eigenvalue weighted by atomic mass is 10.1. The van der Waals surface area contributed by atoms with Crippen LogP contribution in [0.5, 0.6) is 0 Å². The van der Waals surface area contributed by atoms with Gasteiger partial charge in [0.1, 0.15) is 16.7 Å². The molecule has 0 fully saturated rings. The first-order valence-corrected chi connectivity index (χ1v) is 7.13. The largest absolute Gasteiger partial charge is 0.384 e. The van der Waals surface area contributed by atoms with Gasteiger partial charge in [-0.2, -0.15) is 0 Å². The van der Waals surface area contributed by atoms with Crippen LogP contribution in [0.25, 0.3) is 10.9 Å². The Morgan fingerprint density at radius 2 is 1.81 bits per heavy atom. The highest BCUT2D eigenvalue weighted by Gasteiger charge is 2.09. The van der Waals surface area contributed by atoms with Gasteiger partial charge in [-0.15, -0.1) is 0 Å². The van der Waals surface area contributed by atoms with Gasteiger partial charge in [0.2, 0.25) is 0 Å². The summed E-state index contributed by atoms with van der Waals surface area (Å²) in [4.78, 5) is 5.44. The van der Waals surface area contributed by atoms with Gasteiger partial charge in [-0.05, 0) is 36.4 Å². The van der Waals surface area contributed by atoms with Gasteiger partial charge in [-0.25, -0.2) is 9.37 Å². The zero-order valence-electron chi connectivity index (χ0n) is 11.0. The van der Waals surface area contributed by atoms with Crippen LogP contribution >= 0.6 is 11.8 Å². The van der Waals surface area contributed by atoms with Crippen molar-refractivity contribution in [2.45, 2.75) is 9.92 Å². The molecule has 0 atom stereocenters. The van der Waals surface area contributed by atoms with Crippen molar-refractivity contribution in [2.24, 2.45) is 5.73 Å². The fourth-order valence-corrected chi connectivity index (χ4v) is 2.88. The smallest absolute Gasteiger partial charge is 0.123 e. The normalized spacial score (nSPS) is 10.7. The minimum Gasteiger partial charge on any atom is -0.384 e. The summed E-state index contributed by atoms with van der Waals surface area (Å²) in [5.74, 6) is -0.259. The summed E-state index contributed by atoms with van der Waals surface area (Å²) in [6, 6.07) is 15.6. The predicted molar refractivity (Wildman–Crippen MR) is 83.3 cm³/mol. The Morgan fingerprint density at radius 1 is 1.10 bits per heavy atom. The number of aromatic nitrogens is 1. The first-order chi connectivity index (χ1) is 10.1. The number of halogens is 1. The van der Waals surface area contributed by atoms with E-state index >= 15 is 0 Å². The number of rotatable bonds is 3. The maximum Gasteiger partial charge on any atom is 0.123 e. The van der Waals surface area contributed by atoms with Crippen molar-refractivity contribution in [1.82, 2.24) is 4.98 Å². The lowest BCUT2D eigenvalue weighted by molar-refractivity contribution is 0.626. The zero-order valence-corrected chi connectivity index (χ0v) is 11.8. The molecule has 21 heavy (non-hydrogen) atoms. The van der Waals surface area contributed by atoms with E-state index in [0.29, 0.717) is 5.56 Å². The topological polar surface area (TPSA) is 62.8 Å². The Labute approximate surface area is 125 Å². The predicted octanol–water partition coefficient (Wildman–Crippen LogP) is 3.81. The van der Waals surface area contributed by atoms with Crippen molar-refractivity contribution < 1.29 is 4.39 Å². The van der Waals surface area contributed by atoms with Crippen molar-refractivity contribution in [1.29, 1.82) is 5.41 Å². The van der Waals surface area contributed by atoms with Crippen molar-refractivity contribution in [3.63, 3.8) is 0 Å². The van der Waals surface area contributed by atoms with Crippen LogP contribution in [0.15, 0.2) is 64.5 Å². The van der Waals surface area contributed by atoms with Crippen LogP contribution in [0.3, 0.4) is 0 Å². The summed E-state index contributed by atoms with van der Waals surface area (Å²) >= 11 is 1.41. The van der Waals surface area contributed by atoms with E-state index < -0.39 is 0 Å². The number of fused-ring (bicyclic) bond motifs is 1. The monoisotopic (exact) mass is 297 g/mol. The number of hydrogen-bond acceptors (Lipinski definition) is 3. The molecule has 0 unspecified atom stereocenters. The van der Waals surface area contributed by atoms with E-state index in [9.17, 15) is 4.39 Å². The highest BCUT2D eigenvalue weighted by molar-refractivity contribution is 7.99. The summed E-state index contributed by atoms with van der Waals surface area (Å²) in [5.41, 5.74) is 7.10. The molecule has 3 rings (SSSR count). The van der Waals surface area contributed by atoms with E-state index in [1.165, 1.54) is 23.9 Å². The molecule has 0 bridgehead atoms. The Hall–Kier alpha value is -2.40. The second-order valence-corrected chi connectivity index (χ2v) is 5.59. The summed E-state index contributed by atoms with van der Waals surface area (Å²) in [6.07, 6.45) is 0. The zero-order chi connectivity index (χ0) is 14.8. The summed E-state index contributed by atoms with van der Waals surface area (Å²) in [5, 5.41) is 9.30. The molecule has 3 N–H and O–H groups in total. The average molecular weight is 297 g/mol. The van der Waals surface area contributed by atoms with E-state index in [1.807, 2.05) is 24.3 Å². The fourth-order valence-electron chi connectivity index (χ4n) is 2.05. The molecule has 0 amide bonds. The Morgan fingerprint density at radius 3 is 2.52 bits per heavy atom. The minimum atomic E-state index is -0.268. The molecular weight excluding hydrogens is 285 g/mol. The van der Waals surface area contributed by atoms with E-state index in [-0.39, 0.29) is 11.7 Å². The highest BCUT2D eigenvalue weighted by atomic mass is 32.2. The van der Waals surface area contributed by atoms with Crippen LogP contribution in [0.1, 0.15) is 5.56 Å². The Bertz CT molecular complexity index is 815. The quantitative estimate of drug-likeness (QED) is 0.571. The van der Waals surface area contributed by atoms with E-state index in [0.717, 1.165) is 20.8 Å².